The van der Waals surface area contributed by atoms with Crippen molar-refractivity contribution in [3.63, 3.8) is 0 Å². The first kappa shape index (κ1) is 17.0. The summed E-state index contributed by atoms with van der Waals surface area (Å²) in [4.78, 5) is 4.28. The summed E-state index contributed by atoms with van der Waals surface area (Å²) in [5.74, 6) is 0.793. The molecule has 0 heterocycles. The Balaban J connectivity index is 2.34. The van der Waals surface area contributed by atoms with E-state index in [1.807, 2.05) is 6.92 Å². The first-order valence-electron chi connectivity index (χ1n) is 7.39. The van der Waals surface area contributed by atoms with Crippen LogP contribution in [0.2, 0.25) is 0 Å². The van der Waals surface area contributed by atoms with E-state index in [9.17, 15) is 8.42 Å². The Labute approximate surface area is 122 Å². The molecule has 20 heavy (non-hydrogen) atoms. The third kappa shape index (κ3) is 8.19. The molecule has 6 heteroatoms. The molecular weight excluding hydrogens is 274 g/mol. The molecule has 0 bridgehead atoms. The molecule has 0 saturated carbocycles. The van der Waals surface area contributed by atoms with Crippen LogP contribution in [0.25, 0.3) is 0 Å². The maximum atomic E-state index is 11.1. The molecule has 0 atom stereocenters. The molecule has 0 fully saturated rings. The molecule has 0 aromatic heterocycles. The zero-order valence-electron chi connectivity index (χ0n) is 12.6. The van der Waals surface area contributed by atoms with Gasteiger partial charge >= 0.3 is 0 Å². The Morgan fingerprint density at radius 1 is 1.35 bits per heavy atom. The van der Waals surface area contributed by atoms with Gasteiger partial charge in [0.05, 0.1) is 12.3 Å². The highest BCUT2D eigenvalue weighted by Gasteiger charge is 2.05. The molecule has 0 saturated heterocycles. The first-order chi connectivity index (χ1) is 9.51. The second-order valence-corrected chi connectivity index (χ2v) is 7.44. The highest BCUT2D eigenvalue weighted by Crippen LogP contribution is 2.19. The number of hydrogen-bond donors (Lipinski definition) is 2. The molecule has 0 aliphatic heterocycles. The van der Waals surface area contributed by atoms with Crippen LogP contribution in [0.15, 0.2) is 16.6 Å². The average molecular weight is 301 g/mol. The van der Waals surface area contributed by atoms with E-state index < -0.39 is 9.84 Å². The maximum Gasteiger partial charge on any atom is 0.191 e. The Kier molecular flexibility index (Phi) is 7.65. The topological polar surface area (TPSA) is 70.6 Å². The van der Waals surface area contributed by atoms with Crippen molar-refractivity contribution in [2.45, 2.75) is 39.0 Å². The van der Waals surface area contributed by atoms with Gasteiger partial charge in [0, 0.05) is 19.3 Å². The van der Waals surface area contributed by atoms with E-state index in [2.05, 4.69) is 21.7 Å². The van der Waals surface area contributed by atoms with Gasteiger partial charge in [-0.1, -0.05) is 11.6 Å². The monoisotopic (exact) mass is 301 g/mol. The Morgan fingerprint density at radius 3 is 2.75 bits per heavy atom. The molecule has 0 aromatic carbocycles. The zero-order valence-corrected chi connectivity index (χ0v) is 13.4. The maximum absolute atomic E-state index is 11.1. The number of sulfone groups is 1. The Morgan fingerprint density at radius 2 is 2.15 bits per heavy atom. The van der Waals surface area contributed by atoms with Crippen LogP contribution in [0.4, 0.5) is 0 Å². The van der Waals surface area contributed by atoms with Crippen LogP contribution >= 0.6 is 0 Å². The normalized spacial score (nSPS) is 16.7. The number of aliphatic imine (C=N–C) groups is 1. The summed E-state index contributed by atoms with van der Waals surface area (Å²) in [7, 11) is -2.94. The molecule has 116 valence electrons. The minimum atomic E-state index is -2.94. The van der Waals surface area contributed by atoms with Gasteiger partial charge in [-0.15, -0.1) is 0 Å². The Bertz CT molecular complexity index is 441. The molecule has 5 nitrogen and oxygen atoms in total. The van der Waals surface area contributed by atoms with Crippen molar-refractivity contribution in [3.05, 3.63) is 11.6 Å². The summed E-state index contributed by atoms with van der Waals surface area (Å²) in [6, 6.07) is 0. The number of hydrogen-bond acceptors (Lipinski definition) is 3. The van der Waals surface area contributed by atoms with Gasteiger partial charge in [-0.05, 0) is 39.0 Å². The van der Waals surface area contributed by atoms with Crippen LogP contribution in [0.1, 0.15) is 39.0 Å². The summed E-state index contributed by atoms with van der Waals surface area (Å²) in [5.41, 5.74) is 1.52. The summed E-state index contributed by atoms with van der Waals surface area (Å²) < 4.78 is 22.1. The molecule has 1 aliphatic carbocycles. The lowest BCUT2D eigenvalue weighted by Gasteiger charge is -2.15. The number of allylic oxidation sites excluding steroid dienone is 1. The molecule has 0 aromatic rings. The number of nitrogens with one attached hydrogen (secondary N) is 2. The van der Waals surface area contributed by atoms with Crippen molar-refractivity contribution in [2.24, 2.45) is 4.99 Å². The van der Waals surface area contributed by atoms with Gasteiger partial charge < -0.3 is 10.6 Å². The largest absolute Gasteiger partial charge is 0.357 e. The van der Waals surface area contributed by atoms with Crippen molar-refractivity contribution in [3.8, 4) is 0 Å². The summed E-state index contributed by atoms with van der Waals surface area (Å²) in [6.07, 6.45) is 9.65. The first-order valence-corrected chi connectivity index (χ1v) is 9.45. The third-order valence-electron chi connectivity index (χ3n) is 3.20. The van der Waals surface area contributed by atoms with Crippen molar-refractivity contribution < 1.29 is 8.42 Å². The highest BCUT2D eigenvalue weighted by atomic mass is 32.2. The highest BCUT2D eigenvalue weighted by molar-refractivity contribution is 7.90. The summed E-state index contributed by atoms with van der Waals surface area (Å²) >= 11 is 0. The predicted octanol–water partition coefficient (Wildman–Crippen LogP) is 1.48. The fourth-order valence-corrected chi connectivity index (χ4v) is 2.56. The summed E-state index contributed by atoms with van der Waals surface area (Å²) in [6.45, 7) is 3.91. The van der Waals surface area contributed by atoms with Gasteiger partial charge in [0.15, 0.2) is 5.96 Å². The van der Waals surface area contributed by atoms with Crippen molar-refractivity contribution in [1.82, 2.24) is 10.6 Å². The van der Waals surface area contributed by atoms with Crippen molar-refractivity contribution in [1.29, 1.82) is 0 Å². The SMILES string of the molecule is CCNC(=NCCS(C)(=O)=O)NCCC1=CCCCC1. The molecular formula is C14H27N3O2S. The van der Waals surface area contributed by atoms with Gasteiger partial charge in [0.25, 0.3) is 0 Å². The van der Waals surface area contributed by atoms with E-state index in [1.54, 1.807) is 0 Å². The lowest BCUT2D eigenvalue weighted by molar-refractivity contribution is 0.601. The van der Waals surface area contributed by atoms with Gasteiger partial charge in [-0.25, -0.2) is 8.42 Å². The quantitative estimate of drug-likeness (QED) is 0.424. The molecule has 1 aliphatic rings. The molecule has 2 N–H and O–H groups in total. The lowest BCUT2D eigenvalue weighted by atomic mass is 9.97. The Hall–Kier alpha value is -1.04. The van der Waals surface area contributed by atoms with Crippen LogP contribution in [0.5, 0.6) is 0 Å². The van der Waals surface area contributed by atoms with E-state index in [-0.39, 0.29) is 5.75 Å². The van der Waals surface area contributed by atoms with E-state index in [0.29, 0.717) is 12.5 Å². The van der Waals surface area contributed by atoms with E-state index in [4.69, 9.17) is 0 Å². The van der Waals surface area contributed by atoms with E-state index >= 15 is 0 Å². The predicted molar refractivity (Wildman–Crippen MR) is 84.9 cm³/mol. The molecule has 0 spiro atoms. The average Bonchev–Trinajstić information content (AvgIpc) is 2.38. The van der Waals surface area contributed by atoms with E-state index in [0.717, 1.165) is 19.5 Å². The zero-order chi connectivity index (χ0) is 14.8. The second-order valence-electron chi connectivity index (χ2n) is 5.18. The fourth-order valence-electron chi connectivity index (χ4n) is 2.14. The van der Waals surface area contributed by atoms with Gasteiger partial charge in [0.2, 0.25) is 0 Å². The molecule has 0 radical (unpaired) electrons. The smallest absolute Gasteiger partial charge is 0.191 e. The van der Waals surface area contributed by atoms with Gasteiger partial charge in [-0.2, -0.15) is 0 Å². The lowest BCUT2D eigenvalue weighted by Crippen LogP contribution is -2.38. The van der Waals surface area contributed by atoms with Crippen LogP contribution in [0, 0.1) is 0 Å². The van der Waals surface area contributed by atoms with Gasteiger partial charge in [0.1, 0.15) is 9.84 Å². The van der Waals surface area contributed by atoms with Crippen molar-refractivity contribution in [2.75, 3.05) is 31.6 Å². The number of nitrogens with zero attached hydrogens (tertiary/aromatic N) is 1. The van der Waals surface area contributed by atoms with Crippen LogP contribution in [-0.2, 0) is 9.84 Å². The standard InChI is InChI=1S/C14H27N3O2S/c1-3-15-14(17-11-12-20(2,18)19)16-10-9-13-7-5-4-6-8-13/h7H,3-6,8-12H2,1-2H3,(H2,15,16,17). The second kappa shape index (κ2) is 9.00. The summed E-state index contributed by atoms with van der Waals surface area (Å²) in [5, 5.41) is 6.39. The van der Waals surface area contributed by atoms with Crippen LogP contribution in [0.3, 0.4) is 0 Å². The van der Waals surface area contributed by atoms with Crippen LogP contribution < -0.4 is 10.6 Å². The van der Waals surface area contributed by atoms with E-state index in [1.165, 1.54) is 37.5 Å². The number of guanidine groups is 1. The molecule has 1 rings (SSSR count). The van der Waals surface area contributed by atoms with Gasteiger partial charge in [-0.3, -0.25) is 4.99 Å². The third-order valence-corrected chi connectivity index (χ3v) is 4.12. The minimum Gasteiger partial charge on any atom is -0.357 e. The number of rotatable bonds is 7. The fraction of sp³-hybridized carbons (Fsp3) is 0.786. The minimum absolute atomic E-state index is 0.0920. The van der Waals surface area contributed by atoms with Crippen LogP contribution in [-0.4, -0.2) is 46.0 Å². The molecule has 0 amide bonds. The van der Waals surface area contributed by atoms with Crippen molar-refractivity contribution >= 4 is 15.8 Å². The molecule has 0 unspecified atom stereocenters.